The second-order valence-electron chi connectivity index (χ2n) is 4.76. The topological polar surface area (TPSA) is 31.5 Å². The molecule has 0 bridgehead atoms. The molecule has 3 aromatic carbocycles. The van der Waals surface area contributed by atoms with Crippen LogP contribution in [0.25, 0.3) is 0 Å². The third-order valence-electron chi connectivity index (χ3n) is 3.51. The fourth-order valence-electron chi connectivity index (χ4n) is 2.50. The van der Waals surface area contributed by atoms with Crippen molar-refractivity contribution < 1.29 is 5.48 Å². The third kappa shape index (κ3) is 2.93. The quantitative estimate of drug-likeness (QED) is 0.403. The van der Waals surface area contributed by atoms with Crippen LogP contribution < -0.4 is 15.6 Å². The Kier molecular flexibility index (Phi) is 4.97. The van der Waals surface area contributed by atoms with Gasteiger partial charge in [-0.05, 0) is 15.6 Å². The average Bonchev–Trinajstić information content (AvgIpc) is 2.56. The second kappa shape index (κ2) is 6.72. The normalized spacial score (nSPS) is 10.7. The first-order chi connectivity index (χ1) is 9.82. The predicted molar refractivity (Wildman–Crippen MR) is 93.4 cm³/mol. The van der Waals surface area contributed by atoms with Crippen LogP contribution in [0, 0.1) is 0 Å². The minimum Gasteiger partial charge on any atom is -0.412 e. The molecule has 0 radical (unpaired) electrons. The maximum atomic E-state index is 7.25. The van der Waals surface area contributed by atoms with E-state index in [9.17, 15) is 0 Å². The molecule has 0 aliphatic heterocycles. The van der Waals surface area contributed by atoms with Crippen molar-refractivity contribution in [3.8, 4) is 0 Å². The first-order valence-electron chi connectivity index (χ1n) is 6.67. The standard InChI is InChI=1S/C18H15ClSi.H2O/c19-20(16-10-4-1-5-11-16,17-12-6-2-7-13-17)18-14-8-3-9-15-18;/h1-15H;1H2. The first kappa shape index (κ1) is 15.5. The molecule has 0 aliphatic rings. The van der Waals surface area contributed by atoms with E-state index in [0.717, 1.165) is 0 Å². The molecule has 0 atom stereocenters. The molecule has 21 heavy (non-hydrogen) atoms. The molecule has 0 aromatic heterocycles. The monoisotopic (exact) mass is 312 g/mol. The molecule has 0 heterocycles. The van der Waals surface area contributed by atoms with Crippen LogP contribution in [0.5, 0.6) is 0 Å². The molecule has 0 amide bonds. The lowest BCUT2D eigenvalue weighted by Crippen LogP contribution is -2.62. The van der Waals surface area contributed by atoms with Gasteiger partial charge in [-0.3, -0.25) is 0 Å². The lowest BCUT2D eigenvalue weighted by molar-refractivity contribution is 0.824. The van der Waals surface area contributed by atoms with Gasteiger partial charge in [-0.25, -0.2) is 0 Å². The summed E-state index contributed by atoms with van der Waals surface area (Å²) in [5.74, 6) is 0. The highest BCUT2D eigenvalue weighted by Gasteiger charge is 2.37. The highest BCUT2D eigenvalue weighted by atomic mass is 35.6. The minimum atomic E-state index is -2.41. The number of hydrogen-bond donors (Lipinski definition) is 0. The molecule has 3 heteroatoms. The fourth-order valence-corrected chi connectivity index (χ4v) is 6.59. The second-order valence-corrected chi connectivity index (χ2v) is 9.51. The Morgan fingerprint density at radius 3 is 0.952 bits per heavy atom. The number of hydrogen-bond acceptors (Lipinski definition) is 0. The Hall–Kier alpha value is -1.87. The maximum absolute atomic E-state index is 7.25. The summed E-state index contributed by atoms with van der Waals surface area (Å²) < 4.78 is 0. The molecule has 0 aliphatic carbocycles. The van der Waals surface area contributed by atoms with Gasteiger partial charge in [0.2, 0.25) is 7.38 Å². The molecule has 0 unspecified atom stereocenters. The van der Waals surface area contributed by atoms with Crippen molar-refractivity contribution in [3.05, 3.63) is 91.0 Å². The van der Waals surface area contributed by atoms with Crippen LogP contribution in [-0.2, 0) is 0 Å². The van der Waals surface area contributed by atoms with E-state index < -0.39 is 7.38 Å². The molecular weight excluding hydrogens is 296 g/mol. The van der Waals surface area contributed by atoms with Gasteiger partial charge >= 0.3 is 0 Å². The van der Waals surface area contributed by atoms with Gasteiger partial charge in [-0.15, -0.1) is 11.1 Å². The minimum absolute atomic E-state index is 0. The van der Waals surface area contributed by atoms with E-state index in [4.69, 9.17) is 11.1 Å². The highest BCUT2D eigenvalue weighted by Crippen LogP contribution is 2.11. The van der Waals surface area contributed by atoms with Gasteiger partial charge in [0.1, 0.15) is 0 Å². The summed E-state index contributed by atoms with van der Waals surface area (Å²) >= 11 is 7.25. The van der Waals surface area contributed by atoms with Gasteiger partial charge in [0.05, 0.1) is 0 Å². The van der Waals surface area contributed by atoms with Crippen LogP contribution in [-0.4, -0.2) is 12.9 Å². The summed E-state index contributed by atoms with van der Waals surface area (Å²) in [7, 11) is -2.41. The Morgan fingerprint density at radius 1 is 0.476 bits per heavy atom. The van der Waals surface area contributed by atoms with Gasteiger partial charge < -0.3 is 5.48 Å². The molecule has 0 saturated carbocycles. The van der Waals surface area contributed by atoms with Crippen molar-refractivity contribution in [1.82, 2.24) is 0 Å². The highest BCUT2D eigenvalue weighted by molar-refractivity contribution is 7.40. The molecule has 3 rings (SSSR count). The molecule has 0 spiro atoms. The summed E-state index contributed by atoms with van der Waals surface area (Å²) in [6.45, 7) is 0. The van der Waals surface area contributed by atoms with Crippen LogP contribution in [0.4, 0.5) is 0 Å². The molecule has 1 nitrogen and oxygen atoms in total. The third-order valence-corrected chi connectivity index (χ3v) is 8.87. The van der Waals surface area contributed by atoms with Gasteiger partial charge in [0.25, 0.3) is 0 Å². The Morgan fingerprint density at radius 2 is 0.714 bits per heavy atom. The van der Waals surface area contributed by atoms with Crippen molar-refractivity contribution in [2.24, 2.45) is 0 Å². The van der Waals surface area contributed by atoms with E-state index in [1.165, 1.54) is 15.6 Å². The molecule has 0 fully saturated rings. The van der Waals surface area contributed by atoms with E-state index in [1.807, 2.05) is 18.2 Å². The average molecular weight is 313 g/mol. The smallest absolute Gasteiger partial charge is 0.247 e. The van der Waals surface area contributed by atoms with Crippen molar-refractivity contribution in [3.63, 3.8) is 0 Å². The summed E-state index contributed by atoms with van der Waals surface area (Å²) in [5.41, 5.74) is 0. The van der Waals surface area contributed by atoms with Gasteiger partial charge in [0.15, 0.2) is 0 Å². The van der Waals surface area contributed by atoms with Crippen molar-refractivity contribution in [2.75, 3.05) is 0 Å². The molecule has 2 N–H and O–H groups in total. The number of rotatable bonds is 3. The predicted octanol–water partition coefficient (Wildman–Crippen LogP) is 2.07. The summed E-state index contributed by atoms with van der Waals surface area (Å²) in [4.78, 5) is 0. The van der Waals surface area contributed by atoms with E-state index in [0.29, 0.717) is 0 Å². The van der Waals surface area contributed by atoms with E-state index in [2.05, 4.69) is 72.8 Å². The van der Waals surface area contributed by atoms with E-state index in [1.54, 1.807) is 0 Å². The van der Waals surface area contributed by atoms with Gasteiger partial charge in [-0.2, -0.15) is 0 Å². The Labute approximate surface area is 130 Å². The Balaban J connectivity index is 0.00000161. The fraction of sp³-hybridized carbons (Fsp3) is 0. The lowest BCUT2D eigenvalue weighted by atomic mass is 10.3. The Bertz CT molecular complexity index is 575. The molecule has 106 valence electrons. The van der Waals surface area contributed by atoms with Crippen LogP contribution >= 0.6 is 11.1 Å². The van der Waals surface area contributed by atoms with Crippen molar-refractivity contribution in [2.45, 2.75) is 0 Å². The lowest BCUT2D eigenvalue weighted by Gasteiger charge is -2.26. The SMILES string of the molecule is Cl[Si](c1ccccc1)(c1ccccc1)c1ccccc1.O. The molecule has 0 saturated heterocycles. The largest absolute Gasteiger partial charge is 0.412 e. The molecular formula is C18H17ClOSi. The van der Waals surface area contributed by atoms with E-state index in [-0.39, 0.29) is 5.48 Å². The van der Waals surface area contributed by atoms with E-state index >= 15 is 0 Å². The summed E-state index contributed by atoms with van der Waals surface area (Å²) in [6.07, 6.45) is 0. The maximum Gasteiger partial charge on any atom is 0.247 e. The van der Waals surface area contributed by atoms with Gasteiger partial charge in [0, 0.05) is 0 Å². The van der Waals surface area contributed by atoms with Crippen LogP contribution in [0.3, 0.4) is 0 Å². The zero-order valence-electron chi connectivity index (χ0n) is 11.5. The van der Waals surface area contributed by atoms with Crippen LogP contribution in [0.2, 0.25) is 0 Å². The zero-order valence-corrected chi connectivity index (χ0v) is 13.3. The van der Waals surface area contributed by atoms with Crippen molar-refractivity contribution in [1.29, 1.82) is 0 Å². The van der Waals surface area contributed by atoms with Crippen LogP contribution in [0.1, 0.15) is 0 Å². The number of halogens is 1. The summed E-state index contributed by atoms with van der Waals surface area (Å²) in [5, 5.41) is 3.66. The van der Waals surface area contributed by atoms with Gasteiger partial charge in [-0.1, -0.05) is 91.0 Å². The zero-order chi connectivity index (χ0) is 13.8. The summed E-state index contributed by atoms with van der Waals surface area (Å²) in [6, 6.07) is 31.3. The molecule has 3 aromatic rings. The number of benzene rings is 3. The first-order valence-corrected chi connectivity index (χ1v) is 9.68. The van der Waals surface area contributed by atoms with Crippen molar-refractivity contribution >= 4 is 34.0 Å². The van der Waals surface area contributed by atoms with Crippen LogP contribution in [0.15, 0.2) is 91.0 Å².